The minimum absolute atomic E-state index is 0.0225. The van der Waals surface area contributed by atoms with Gasteiger partial charge in [-0.2, -0.15) is 0 Å². The van der Waals surface area contributed by atoms with Gasteiger partial charge < -0.3 is 5.32 Å². The maximum Gasteiger partial charge on any atom is 0.233 e. The van der Waals surface area contributed by atoms with Gasteiger partial charge in [0.25, 0.3) is 0 Å². The number of imide groups is 1. The molecule has 1 heterocycles. The minimum atomic E-state index is -0.202. The van der Waals surface area contributed by atoms with Gasteiger partial charge in [0.1, 0.15) is 0 Å². The van der Waals surface area contributed by atoms with Gasteiger partial charge in [-0.25, -0.2) is 0 Å². The van der Waals surface area contributed by atoms with E-state index in [1.807, 2.05) is 12.2 Å². The summed E-state index contributed by atoms with van der Waals surface area (Å²) < 4.78 is 0. The SMILES string of the molecule is O=C(CCN1C(=O)[C@H]2CC=CC[C@H]2C1=O)NC1CCCCCCCCCCC1. The van der Waals surface area contributed by atoms with Crippen molar-refractivity contribution >= 4 is 17.7 Å². The highest BCUT2D eigenvalue weighted by atomic mass is 16.2. The third-order valence-corrected chi connectivity index (χ3v) is 6.63. The summed E-state index contributed by atoms with van der Waals surface area (Å²) in [5, 5.41) is 3.19. The fourth-order valence-corrected chi connectivity index (χ4v) is 4.91. The number of carbonyl (C=O) groups is 3. The highest BCUT2D eigenvalue weighted by Gasteiger charge is 2.46. The Morgan fingerprint density at radius 2 is 1.29 bits per heavy atom. The number of hydrogen-bond acceptors (Lipinski definition) is 3. The zero-order chi connectivity index (χ0) is 19.8. The van der Waals surface area contributed by atoms with Crippen LogP contribution in [-0.2, 0) is 14.4 Å². The van der Waals surface area contributed by atoms with Crippen molar-refractivity contribution in [3.8, 4) is 0 Å². The number of fused-ring (bicyclic) bond motifs is 1. The van der Waals surface area contributed by atoms with Crippen LogP contribution in [0, 0.1) is 11.8 Å². The number of allylic oxidation sites excluding steroid dienone is 2. The number of carbonyl (C=O) groups excluding carboxylic acids is 3. The third-order valence-electron chi connectivity index (χ3n) is 6.63. The molecule has 1 N–H and O–H groups in total. The van der Waals surface area contributed by atoms with Gasteiger partial charge >= 0.3 is 0 Å². The Morgan fingerprint density at radius 3 is 1.79 bits per heavy atom. The maximum atomic E-state index is 12.5. The summed E-state index contributed by atoms with van der Waals surface area (Å²) in [4.78, 5) is 38.8. The van der Waals surface area contributed by atoms with Gasteiger partial charge in [0, 0.05) is 19.0 Å². The fraction of sp³-hybridized carbons (Fsp3) is 0.783. The van der Waals surface area contributed by atoms with Crippen molar-refractivity contribution in [2.75, 3.05) is 6.54 Å². The van der Waals surface area contributed by atoms with E-state index in [1.54, 1.807) is 0 Å². The van der Waals surface area contributed by atoms with E-state index < -0.39 is 0 Å². The Bertz CT molecular complexity index is 548. The lowest BCUT2D eigenvalue weighted by molar-refractivity contribution is -0.140. The second-order valence-electron chi connectivity index (χ2n) is 8.76. The first-order valence-electron chi connectivity index (χ1n) is 11.5. The first-order valence-corrected chi connectivity index (χ1v) is 11.5. The second kappa shape index (κ2) is 10.8. The Kier molecular flexibility index (Phi) is 8.11. The van der Waals surface area contributed by atoms with E-state index >= 15 is 0 Å². The molecule has 3 aliphatic rings. The van der Waals surface area contributed by atoms with Gasteiger partial charge in [0.05, 0.1) is 11.8 Å². The molecule has 2 atom stereocenters. The van der Waals surface area contributed by atoms with Crippen molar-refractivity contribution < 1.29 is 14.4 Å². The van der Waals surface area contributed by atoms with Gasteiger partial charge in [0.2, 0.25) is 17.7 Å². The standard InChI is InChI=1S/C23H36N2O3/c26-21(24-18-12-8-6-4-2-1-3-5-7-9-13-18)16-17-25-22(27)19-14-10-11-15-20(19)23(25)28/h10-11,18-20H,1-9,12-17H2,(H,24,26)/t19-,20+. The highest BCUT2D eigenvalue weighted by molar-refractivity contribution is 6.05. The lowest BCUT2D eigenvalue weighted by Gasteiger charge is -2.21. The van der Waals surface area contributed by atoms with E-state index in [4.69, 9.17) is 0 Å². The first-order chi connectivity index (χ1) is 13.7. The molecule has 0 bridgehead atoms. The van der Waals surface area contributed by atoms with Crippen LogP contribution in [0.25, 0.3) is 0 Å². The molecule has 5 heteroatoms. The minimum Gasteiger partial charge on any atom is -0.353 e. The first kappa shape index (κ1) is 21.1. The predicted octanol–water partition coefficient (Wildman–Crippen LogP) is 4.12. The lowest BCUT2D eigenvalue weighted by Crippen LogP contribution is -2.39. The molecule has 0 unspecified atom stereocenters. The predicted molar refractivity (Wildman–Crippen MR) is 109 cm³/mol. The van der Waals surface area contributed by atoms with Crippen LogP contribution in [0.4, 0.5) is 0 Å². The molecule has 156 valence electrons. The molecule has 2 aliphatic carbocycles. The van der Waals surface area contributed by atoms with Crippen molar-refractivity contribution in [3.05, 3.63) is 12.2 Å². The molecule has 0 aromatic carbocycles. The zero-order valence-corrected chi connectivity index (χ0v) is 17.2. The summed E-state index contributed by atoms with van der Waals surface area (Å²) in [5.41, 5.74) is 0. The number of rotatable bonds is 4. The number of nitrogens with one attached hydrogen (secondary N) is 1. The van der Waals surface area contributed by atoms with Gasteiger partial charge in [-0.15, -0.1) is 0 Å². The highest BCUT2D eigenvalue weighted by Crippen LogP contribution is 2.35. The largest absolute Gasteiger partial charge is 0.353 e. The molecule has 0 spiro atoms. The Labute approximate surface area is 169 Å². The molecule has 0 radical (unpaired) electrons. The monoisotopic (exact) mass is 388 g/mol. The molecule has 28 heavy (non-hydrogen) atoms. The van der Waals surface area contributed by atoms with Crippen LogP contribution in [0.2, 0.25) is 0 Å². The smallest absolute Gasteiger partial charge is 0.233 e. The van der Waals surface area contributed by atoms with Crippen molar-refractivity contribution in [1.82, 2.24) is 10.2 Å². The Hall–Kier alpha value is -1.65. The molecule has 3 amide bonds. The van der Waals surface area contributed by atoms with Crippen molar-refractivity contribution in [1.29, 1.82) is 0 Å². The normalized spacial score (nSPS) is 27.8. The number of amides is 3. The van der Waals surface area contributed by atoms with Gasteiger partial charge in [0.15, 0.2) is 0 Å². The van der Waals surface area contributed by atoms with E-state index in [0.29, 0.717) is 12.8 Å². The Morgan fingerprint density at radius 1 is 0.821 bits per heavy atom. The molecule has 1 saturated heterocycles. The van der Waals surface area contributed by atoms with Crippen LogP contribution in [0.5, 0.6) is 0 Å². The lowest BCUT2D eigenvalue weighted by atomic mass is 9.85. The molecule has 1 aliphatic heterocycles. The number of hydrogen-bond donors (Lipinski definition) is 1. The van der Waals surface area contributed by atoms with Crippen LogP contribution in [0.1, 0.15) is 89.9 Å². The van der Waals surface area contributed by atoms with Crippen LogP contribution in [-0.4, -0.2) is 35.2 Å². The van der Waals surface area contributed by atoms with Gasteiger partial charge in [-0.3, -0.25) is 19.3 Å². The number of nitrogens with zero attached hydrogens (tertiary/aromatic N) is 1. The summed E-state index contributed by atoms with van der Waals surface area (Å²) in [5.74, 6) is -0.597. The topological polar surface area (TPSA) is 66.5 Å². The van der Waals surface area contributed by atoms with Crippen LogP contribution < -0.4 is 5.32 Å². The van der Waals surface area contributed by atoms with E-state index in [2.05, 4.69) is 5.32 Å². The molecule has 1 saturated carbocycles. The molecular weight excluding hydrogens is 352 g/mol. The quantitative estimate of drug-likeness (QED) is 0.582. The van der Waals surface area contributed by atoms with E-state index in [1.165, 1.54) is 62.7 Å². The average molecular weight is 389 g/mol. The molecule has 5 nitrogen and oxygen atoms in total. The van der Waals surface area contributed by atoms with E-state index in [0.717, 1.165) is 12.8 Å². The van der Waals surface area contributed by atoms with Crippen LogP contribution >= 0.6 is 0 Å². The summed E-state index contributed by atoms with van der Waals surface area (Å²) in [6.07, 6.45) is 19.1. The zero-order valence-electron chi connectivity index (χ0n) is 17.2. The summed E-state index contributed by atoms with van der Waals surface area (Å²) in [6, 6.07) is 0.240. The van der Waals surface area contributed by atoms with Crippen molar-refractivity contribution in [3.63, 3.8) is 0 Å². The van der Waals surface area contributed by atoms with Gasteiger partial charge in [-0.1, -0.05) is 69.9 Å². The summed E-state index contributed by atoms with van der Waals surface area (Å²) in [6.45, 7) is 0.225. The summed E-state index contributed by atoms with van der Waals surface area (Å²) >= 11 is 0. The third kappa shape index (κ3) is 5.68. The van der Waals surface area contributed by atoms with Crippen molar-refractivity contribution in [2.24, 2.45) is 11.8 Å². The van der Waals surface area contributed by atoms with E-state index in [-0.39, 0.29) is 48.6 Å². The summed E-state index contributed by atoms with van der Waals surface area (Å²) in [7, 11) is 0. The molecule has 0 aromatic rings. The average Bonchev–Trinajstić information content (AvgIpc) is 2.93. The van der Waals surface area contributed by atoms with Crippen LogP contribution in [0.3, 0.4) is 0 Å². The maximum absolute atomic E-state index is 12.5. The molecule has 0 aromatic heterocycles. The molecular formula is C23H36N2O3. The van der Waals surface area contributed by atoms with Crippen molar-refractivity contribution in [2.45, 2.75) is 95.9 Å². The van der Waals surface area contributed by atoms with Crippen LogP contribution in [0.15, 0.2) is 12.2 Å². The molecule has 3 rings (SSSR count). The van der Waals surface area contributed by atoms with Gasteiger partial charge in [-0.05, 0) is 25.7 Å². The second-order valence-corrected chi connectivity index (χ2v) is 8.76. The Balaban J connectivity index is 1.44. The fourth-order valence-electron chi connectivity index (χ4n) is 4.91. The number of likely N-dealkylation sites (tertiary alicyclic amines) is 1. The molecule has 2 fully saturated rings. The van der Waals surface area contributed by atoms with E-state index in [9.17, 15) is 14.4 Å².